The Morgan fingerprint density at radius 1 is 1.12 bits per heavy atom. The van der Waals surface area contributed by atoms with Crippen molar-refractivity contribution in [1.82, 2.24) is 4.90 Å². The molecule has 0 amide bonds. The van der Waals surface area contributed by atoms with E-state index in [0.717, 1.165) is 43.7 Å². The van der Waals surface area contributed by atoms with Gasteiger partial charge in [0.1, 0.15) is 22.9 Å². The summed E-state index contributed by atoms with van der Waals surface area (Å²) in [5.41, 5.74) is -0.0159. The largest absolute Gasteiger partial charge is 0.507 e. The number of halogens is 3. The van der Waals surface area contributed by atoms with Gasteiger partial charge in [0.15, 0.2) is 0 Å². The molecule has 0 aliphatic heterocycles. The van der Waals surface area contributed by atoms with Crippen molar-refractivity contribution in [3.05, 3.63) is 53.6 Å². The van der Waals surface area contributed by atoms with Gasteiger partial charge in [0.2, 0.25) is 0 Å². The molecule has 0 saturated carbocycles. The molecule has 2 rings (SSSR count). The van der Waals surface area contributed by atoms with Crippen molar-refractivity contribution >= 4 is 17.6 Å². The Morgan fingerprint density at radius 3 is 2.23 bits per heavy atom. The monoisotopic (exact) mass is 385 g/mol. The minimum Gasteiger partial charge on any atom is -0.507 e. The van der Waals surface area contributed by atoms with E-state index in [1.807, 2.05) is 0 Å². The molecule has 0 heterocycles. The van der Waals surface area contributed by atoms with E-state index in [9.17, 15) is 18.7 Å². The Kier molecular flexibility index (Phi) is 9.02. The number of phenols is 1. The van der Waals surface area contributed by atoms with Gasteiger partial charge in [0.05, 0.1) is 0 Å². The molecular weight excluding hydrogens is 364 g/mol. The van der Waals surface area contributed by atoms with E-state index in [2.05, 4.69) is 18.7 Å². The van der Waals surface area contributed by atoms with Crippen LogP contribution in [0, 0.1) is 11.6 Å². The number of nitrogens with zero attached hydrogens (tertiary/aromatic N) is 1. The van der Waals surface area contributed by atoms with Crippen molar-refractivity contribution in [1.29, 1.82) is 0 Å². The fraction of sp³-hybridized carbons (Fsp3) is 0.316. The zero-order chi connectivity index (χ0) is 19.7. The molecule has 0 radical (unpaired) electrons. The quantitative estimate of drug-likeness (QED) is 0.713. The highest BCUT2D eigenvalue weighted by Crippen LogP contribution is 2.28. The molecule has 4 nitrogen and oxygen atoms in total. The highest BCUT2D eigenvalue weighted by Gasteiger charge is 2.13. The van der Waals surface area contributed by atoms with Gasteiger partial charge < -0.3 is 15.1 Å². The normalized spacial score (nSPS) is 10.4. The topological polar surface area (TPSA) is 60.8 Å². The number of aromatic hydroxyl groups is 1. The van der Waals surface area contributed by atoms with E-state index in [1.54, 1.807) is 0 Å². The van der Waals surface area contributed by atoms with Gasteiger partial charge in [0, 0.05) is 24.1 Å². The van der Waals surface area contributed by atoms with Crippen molar-refractivity contribution in [2.45, 2.75) is 13.8 Å². The van der Waals surface area contributed by atoms with Crippen LogP contribution >= 0.6 is 11.6 Å². The van der Waals surface area contributed by atoms with Gasteiger partial charge >= 0.3 is 5.97 Å². The standard InChI is InChI=1S/C13H8F2O3.C6H14ClN/c14-8-2-3-9(11(15)6-8)7-1-4-12(16)10(5-7)13(17)18;1-3-8(4-2)6-5-7/h1-6,16H,(H,17,18);3-6H2,1-2H3. The third-order valence-electron chi connectivity index (χ3n) is 3.76. The molecule has 0 spiro atoms. The second-order valence-corrected chi connectivity index (χ2v) is 5.76. The summed E-state index contributed by atoms with van der Waals surface area (Å²) in [5.74, 6) is -2.49. The first-order valence-corrected chi connectivity index (χ1v) is 8.67. The maximum atomic E-state index is 13.5. The Hall–Kier alpha value is -2.18. The van der Waals surface area contributed by atoms with E-state index < -0.39 is 23.4 Å². The molecule has 2 aromatic carbocycles. The molecule has 0 aromatic heterocycles. The zero-order valence-corrected chi connectivity index (χ0v) is 15.4. The zero-order valence-electron chi connectivity index (χ0n) is 14.7. The number of hydrogen-bond donors (Lipinski definition) is 2. The second kappa shape index (κ2) is 10.7. The van der Waals surface area contributed by atoms with Crippen LogP contribution in [0.25, 0.3) is 11.1 Å². The first kappa shape index (κ1) is 21.9. The summed E-state index contributed by atoms with van der Waals surface area (Å²) in [6.07, 6.45) is 0. The van der Waals surface area contributed by atoms with Crippen LogP contribution in [0.1, 0.15) is 24.2 Å². The van der Waals surface area contributed by atoms with E-state index in [-0.39, 0.29) is 16.7 Å². The van der Waals surface area contributed by atoms with Crippen molar-refractivity contribution in [2.24, 2.45) is 0 Å². The molecule has 2 aromatic rings. The molecule has 142 valence electrons. The van der Waals surface area contributed by atoms with E-state index >= 15 is 0 Å². The molecule has 2 N–H and O–H groups in total. The maximum absolute atomic E-state index is 13.5. The van der Waals surface area contributed by atoms with E-state index in [0.29, 0.717) is 6.07 Å². The van der Waals surface area contributed by atoms with Gasteiger partial charge in [0.25, 0.3) is 0 Å². The van der Waals surface area contributed by atoms with E-state index in [4.69, 9.17) is 16.7 Å². The second-order valence-electron chi connectivity index (χ2n) is 5.38. The summed E-state index contributed by atoms with van der Waals surface area (Å²) < 4.78 is 26.3. The molecule has 0 aliphatic carbocycles. The Labute approximate surface area is 156 Å². The number of hydrogen-bond acceptors (Lipinski definition) is 3. The number of carboxylic acid groups (broad SMARTS) is 1. The molecule has 26 heavy (non-hydrogen) atoms. The summed E-state index contributed by atoms with van der Waals surface area (Å²) in [5, 5.41) is 18.2. The van der Waals surface area contributed by atoms with Crippen LogP contribution < -0.4 is 0 Å². The van der Waals surface area contributed by atoms with E-state index in [1.165, 1.54) is 12.1 Å². The van der Waals surface area contributed by atoms with Gasteiger partial charge in [-0.05, 0) is 42.9 Å². The average Bonchev–Trinajstić information content (AvgIpc) is 2.61. The molecule has 0 aliphatic rings. The maximum Gasteiger partial charge on any atom is 0.339 e. The van der Waals surface area contributed by atoms with Crippen LogP contribution in [-0.4, -0.2) is 46.6 Å². The van der Waals surface area contributed by atoms with Crippen LogP contribution in [-0.2, 0) is 0 Å². The SMILES string of the molecule is CCN(CC)CCCl.O=C(O)c1cc(-c2ccc(F)cc2F)ccc1O. The van der Waals surface area contributed by atoms with Gasteiger partial charge in [-0.1, -0.05) is 19.9 Å². The number of carboxylic acids is 1. The summed E-state index contributed by atoms with van der Waals surface area (Å²) in [6, 6.07) is 6.64. The molecule has 0 atom stereocenters. The van der Waals surface area contributed by atoms with Crippen molar-refractivity contribution in [3.63, 3.8) is 0 Å². The molecule has 7 heteroatoms. The minimum absolute atomic E-state index is 0.0684. The number of benzene rings is 2. The van der Waals surface area contributed by atoms with Crippen LogP contribution in [0.15, 0.2) is 36.4 Å². The predicted molar refractivity (Wildman–Crippen MR) is 98.9 cm³/mol. The lowest BCUT2D eigenvalue weighted by molar-refractivity contribution is 0.0694. The molecule has 0 fully saturated rings. The number of carbonyl (C=O) groups is 1. The smallest absolute Gasteiger partial charge is 0.339 e. The molecule has 0 saturated heterocycles. The summed E-state index contributed by atoms with van der Waals surface area (Å²) in [6.45, 7) is 7.55. The summed E-state index contributed by atoms with van der Waals surface area (Å²) in [7, 11) is 0. The lowest BCUT2D eigenvalue weighted by Crippen LogP contribution is -2.24. The Balaban J connectivity index is 0.000000359. The van der Waals surface area contributed by atoms with Gasteiger partial charge in [-0.2, -0.15) is 0 Å². The van der Waals surface area contributed by atoms with Crippen LogP contribution in [0.2, 0.25) is 0 Å². The van der Waals surface area contributed by atoms with Gasteiger partial charge in [-0.3, -0.25) is 0 Å². The lowest BCUT2D eigenvalue weighted by atomic mass is 10.0. The summed E-state index contributed by atoms with van der Waals surface area (Å²) in [4.78, 5) is 13.1. The molecule has 0 unspecified atom stereocenters. The van der Waals surface area contributed by atoms with Crippen molar-refractivity contribution < 1.29 is 23.8 Å². The fourth-order valence-corrected chi connectivity index (χ4v) is 2.50. The third kappa shape index (κ3) is 6.28. The fourth-order valence-electron chi connectivity index (χ4n) is 2.26. The Morgan fingerprint density at radius 2 is 1.77 bits per heavy atom. The highest BCUT2D eigenvalue weighted by atomic mass is 35.5. The van der Waals surface area contributed by atoms with Crippen LogP contribution in [0.4, 0.5) is 8.78 Å². The van der Waals surface area contributed by atoms with Crippen molar-refractivity contribution in [3.8, 4) is 16.9 Å². The van der Waals surface area contributed by atoms with Gasteiger partial charge in [-0.15, -0.1) is 11.6 Å². The first-order chi connectivity index (χ1) is 12.3. The van der Waals surface area contributed by atoms with Crippen molar-refractivity contribution in [2.75, 3.05) is 25.5 Å². The van der Waals surface area contributed by atoms with Crippen LogP contribution in [0.3, 0.4) is 0 Å². The average molecular weight is 386 g/mol. The molecule has 0 bridgehead atoms. The highest BCUT2D eigenvalue weighted by molar-refractivity contribution is 6.18. The summed E-state index contributed by atoms with van der Waals surface area (Å²) >= 11 is 5.51. The van der Waals surface area contributed by atoms with Crippen LogP contribution in [0.5, 0.6) is 5.75 Å². The number of aromatic carboxylic acids is 1. The minimum atomic E-state index is -1.32. The first-order valence-electron chi connectivity index (χ1n) is 8.14. The molecular formula is C19H22ClF2NO3. The third-order valence-corrected chi connectivity index (χ3v) is 3.93. The lowest BCUT2D eigenvalue weighted by Gasteiger charge is -2.14. The Bertz CT molecular complexity index is 737. The van der Waals surface area contributed by atoms with Gasteiger partial charge in [-0.25, -0.2) is 13.6 Å². The number of rotatable bonds is 6. The predicted octanol–water partition coefficient (Wildman–Crippen LogP) is 4.60. The number of alkyl halides is 1.